The van der Waals surface area contributed by atoms with Crippen LogP contribution in [0.25, 0.3) is 22.1 Å². The van der Waals surface area contributed by atoms with Crippen LogP contribution in [0.1, 0.15) is 93.6 Å². The fourth-order valence-corrected chi connectivity index (χ4v) is 7.14. The summed E-state index contributed by atoms with van der Waals surface area (Å²) in [5.74, 6) is -2.01. The van der Waals surface area contributed by atoms with Crippen LogP contribution in [-0.2, 0) is 39.3 Å². The molecular formula is C38H46N12O4. The maximum atomic E-state index is 13.7. The predicted molar refractivity (Wildman–Crippen MR) is 202 cm³/mol. The molecule has 0 aliphatic rings. The van der Waals surface area contributed by atoms with Gasteiger partial charge in [-0.3, -0.25) is 28.5 Å². The van der Waals surface area contributed by atoms with Crippen molar-refractivity contribution >= 4 is 45.7 Å². The maximum absolute atomic E-state index is 13.7. The number of primary amides is 2. The number of carbonyl (C=O) groups excluding carboxylic acids is 4. The molecule has 0 radical (unpaired) electrons. The van der Waals surface area contributed by atoms with E-state index in [2.05, 4.69) is 34.0 Å². The number of amides is 4. The van der Waals surface area contributed by atoms with E-state index in [9.17, 15) is 19.2 Å². The summed E-state index contributed by atoms with van der Waals surface area (Å²) in [5, 5.41) is 8.84. The first-order chi connectivity index (χ1) is 25.6. The fraction of sp³-hybridized carbons (Fsp3) is 0.368. The van der Waals surface area contributed by atoms with E-state index in [-0.39, 0.29) is 0 Å². The molecule has 0 saturated heterocycles. The molecular weight excluding hydrogens is 688 g/mol. The normalized spacial score (nSPS) is 12.7. The molecule has 0 saturated carbocycles. The number of nitrogens with two attached hydrogens (primary N) is 2. The van der Waals surface area contributed by atoms with Crippen molar-refractivity contribution in [1.29, 1.82) is 0 Å². The number of hydrogen-bond acceptors (Lipinski definition) is 6. The maximum Gasteiger partial charge on any atom is 0.298 e. The van der Waals surface area contributed by atoms with Gasteiger partial charge in [-0.05, 0) is 103 Å². The van der Waals surface area contributed by atoms with Gasteiger partial charge >= 0.3 is 0 Å². The van der Waals surface area contributed by atoms with Crippen molar-refractivity contribution in [3.63, 3.8) is 0 Å². The Morgan fingerprint density at radius 1 is 0.685 bits per heavy atom. The summed E-state index contributed by atoms with van der Waals surface area (Å²) in [5.41, 5.74) is 17.2. The number of rotatable bonds is 11. The van der Waals surface area contributed by atoms with Crippen LogP contribution in [0.4, 0.5) is 0 Å². The van der Waals surface area contributed by atoms with Crippen LogP contribution >= 0.6 is 0 Å². The lowest BCUT2D eigenvalue weighted by Gasteiger charge is -2.28. The Labute approximate surface area is 311 Å². The molecule has 0 aliphatic heterocycles. The number of aryl methyl sites for hydroxylation is 7. The van der Waals surface area contributed by atoms with Gasteiger partial charge in [0.15, 0.2) is 0 Å². The Bertz CT molecular complexity index is 2640. The van der Waals surface area contributed by atoms with Crippen molar-refractivity contribution in [2.45, 2.75) is 79.6 Å². The summed E-state index contributed by atoms with van der Waals surface area (Å²) in [6.07, 6.45) is 1.20. The minimum atomic E-state index is -0.629. The van der Waals surface area contributed by atoms with Gasteiger partial charge in [-0.25, -0.2) is 0 Å². The van der Waals surface area contributed by atoms with E-state index in [1.165, 1.54) is 0 Å². The Kier molecular flexibility index (Phi) is 9.88. The quantitative estimate of drug-likeness (QED) is 0.205. The Morgan fingerprint density at radius 3 is 1.65 bits per heavy atom. The molecule has 0 spiro atoms. The Morgan fingerprint density at radius 2 is 1.15 bits per heavy atom. The van der Waals surface area contributed by atoms with Crippen LogP contribution < -0.4 is 22.7 Å². The Balaban J connectivity index is 1.44. The Hall–Kier alpha value is -6.32. The lowest BCUT2D eigenvalue weighted by Crippen LogP contribution is -2.38. The zero-order valence-electron chi connectivity index (χ0n) is 31.9. The molecule has 16 heteroatoms. The molecule has 4 amide bonds. The van der Waals surface area contributed by atoms with Crippen molar-refractivity contribution in [3.8, 4) is 0 Å². The second-order valence-electron chi connectivity index (χ2n) is 14.1. The van der Waals surface area contributed by atoms with E-state index in [1.54, 1.807) is 69.0 Å². The third-order valence-electron chi connectivity index (χ3n) is 9.84. The summed E-state index contributed by atoms with van der Waals surface area (Å²) in [4.78, 5) is 60.9. The molecule has 0 fully saturated rings. The lowest BCUT2D eigenvalue weighted by atomic mass is 9.97. The number of imidazole rings is 2. The SMILES string of the molecule is CCn1nc(C)cc1C(=O)N=c1n(C)c2cc(C(N)=O)ccc2n1CCCC(C)(C)n1c(=NC(=O)c2cc(C)nn2CC)n(C)c2cc(C(N)=O)ccc21. The van der Waals surface area contributed by atoms with Crippen molar-refractivity contribution in [2.75, 3.05) is 0 Å². The van der Waals surface area contributed by atoms with Crippen LogP contribution in [-0.4, -0.2) is 61.5 Å². The number of benzene rings is 2. The molecule has 0 bridgehead atoms. The highest BCUT2D eigenvalue weighted by molar-refractivity contribution is 5.98. The third-order valence-corrected chi connectivity index (χ3v) is 9.84. The van der Waals surface area contributed by atoms with E-state index in [1.807, 2.05) is 49.0 Å². The van der Waals surface area contributed by atoms with Crippen LogP contribution in [0.15, 0.2) is 58.5 Å². The van der Waals surface area contributed by atoms with E-state index in [0.29, 0.717) is 88.6 Å². The first-order valence-electron chi connectivity index (χ1n) is 17.8. The summed E-state index contributed by atoms with van der Waals surface area (Å²) >= 11 is 0. The van der Waals surface area contributed by atoms with Gasteiger partial charge < -0.3 is 29.7 Å². The zero-order chi connectivity index (χ0) is 39.2. The molecule has 4 heterocycles. The van der Waals surface area contributed by atoms with Gasteiger partial charge in [0.25, 0.3) is 11.8 Å². The van der Waals surface area contributed by atoms with Gasteiger partial charge in [-0.1, -0.05) is 0 Å². The number of nitrogens with zero attached hydrogens (tertiary/aromatic N) is 10. The van der Waals surface area contributed by atoms with Gasteiger partial charge in [0.05, 0.1) is 33.5 Å². The van der Waals surface area contributed by atoms with Crippen molar-refractivity contribution in [3.05, 3.63) is 93.7 Å². The summed E-state index contributed by atoms with van der Waals surface area (Å²) < 4.78 is 10.8. The molecule has 282 valence electrons. The second-order valence-corrected chi connectivity index (χ2v) is 14.1. The highest BCUT2D eigenvalue weighted by Gasteiger charge is 2.27. The number of fused-ring (bicyclic) bond motifs is 2. The van der Waals surface area contributed by atoms with E-state index < -0.39 is 29.2 Å². The monoisotopic (exact) mass is 734 g/mol. The zero-order valence-corrected chi connectivity index (χ0v) is 31.9. The number of hydrogen-bond donors (Lipinski definition) is 2. The van der Waals surface area contributed by atoms with E-state index in [4.69, 9.17) is 11.5 Å². The molecule has 54 heavy (non-hydrogen) atoms. The summed E-state index contributed by atoms with van der Waals surface area (Å²) in [6.45, 7) is 13.1. The smallest absolute Gasteiger partial charge is 0.298 e. The number of carbonyl (C=O) groups is 4. The molecule has 4 aromatic heterocycles. The lowest BCUT2D eigenvalue weighted by molar-refractivity contribution is 0.0976. The molecule has 6 aromatic rings. The van der Waals surface area contributed by atoms with Gasteiger partial charge in [0, 0.05) is 50.4 Å². The largest absolute Gasteiger partial charge is 0.366 e. The van der Waals surface area contributed by atoms with Gasteiger partial charge in [-0.15, -0.1) is 0 Å². The van der Waals surface area contributed by atoms with Crippen LogP contribution in [0.5, 0.6) is 0 Å². The third kappa shape index (κ3) is 6.70. The van der Waals surface area contributed by atoms with Crippen LogP contribution in [0.2, 0.25) is 0 Å². The summed E-state index contributed by atoms with van der Waals surface area (Å²) in [7, 11) is 3.60. The molecule has 2 aromatic carbocycles. The average molecular weight is 735 g/mol. The minimum Gasteiger partial charge on any atom is -0.366 e. The first-order valence-corrected chi connectivity index (χ1v) is 17.8. The highest BCUT2D eigenvalue weighted by Crippen LogP contribution is 2.27. The topological polar surface area (TPSA) is 200 Å². The van der Waals surface area contributed by atoms with Gasteiger partial charge in [-0.2, -0.15) is 20.2 Å². The van der Waals surface area contributed by atoms with Gasteiger partial charge in [0.1, 0.15) is 11.4 Å². The standard InChI is InChI=1S/C38H46N12O4/c1-9-48-30(18-22(3)43-48)34(53)41-36-45(7)28-20-24(32(39)51)12-14-26(28)47(36)17-11-16-38(5,6)50-27-15-13-25(33(40)52)21-29(27)46(8)37(50)42-35(54)31-19-23(4)44-49(31)10-2/h12-15,18-21H,9-11,16-17H2,1-8H3,(H2,39,51)(H2,40,52). The first kappa shape index (κ1) is 37.4. The van der Waals surface area contributed by atoms with Crippen molar-refractivity contribution < 1.29 is 19.2 Å². The second kappa shape index (κ2) is 14.2. The number of aromatic nitrogens is 8. The van der Waals surface area contributed by atoms with Crippen molar-refractivity contribution in [2.24, 2.45) is 35.5 Å². The molecule has 16 nitrogen and oxygen atoms in total. The van der Waals surface area contributed by atoms with E-state index in [0.717, 1.165) is 11.0 Å². The minimum absolute atomic E-state index is 0.334. The summed E-state index contributed by atoms with van der Waals surface area (Å²) in [6, 6.07) is 13.8. The van der Waals surface area contributed by atoms with Crippen molar-refractivity contribution in [1.82, 2.24) is 37.8 Å². The molecule has 4 N–H and O–H groups in total. The fourth-order valence-electron chi connectivity index (χ4n) is 7.14. The van der Waals surface area contributed by atoms with Crippen LogP contribution in [0, 0.1) is 13.8 Å². The molecule has 0 atom stereocenters. The molecule has 0 aliphatic carbocycles. The average Bonchev–Trinajstić information content (AvgIpc) is 3.85. The molecule has 6 rings (SSSR count). The molecule has 0 unspecified atom stereocenters. The predicted octanol–water partition coefficient (Wildman–Crippen LogP) is 3.22. The van der Waals surface area contributed by atoms with E-state index >= 15 is 0 Å². The highest BCUT2D eigenvalue weighted by atomic mass is 16.2. The van der Waals surface area contributed by atoms with Gasteiger partial charge in [0.2, 0.25) is 23.1 Å². The van der Waals surface area contributed by atoms with Crippen LogP contribution in [0.3, 0.4) is 0 Å².